The largest absolute Gasteiger partial charge is 0.368 e. The van der Waals surface area contributed by atoms with Gasteiger partial charge in [-0.2, -0.15) is 0 Å². The zero-order valence-corrected chi connectivity index (χ0v) is 7.88. The molecule has 0 saturated carbocycles. The van der Waals surface area contributed by atoms with E-state index in [0.29, 0.717) is 11.8 Å². The summed E-state index contributed by atoms with van der Waals surface area (Å²) in [5.74, 6) is -0.00162. The highest BCUT2D eigenvalue weighted by molar-refractivity contribution is 6.35. The third-order valence-corrected chi connectivity index (χ3v) is 1.79. The molecule has 0 unspecified atom stereocenters. The molecule has 1 aromatic rings. The number of anilines is 1. The fraction of sp³-hybridized carbons (Fsp3) is 0. The SMILES string of the molecule is Nc1nc(Cl)c(C=CC=O)c(Cl)n1. The molecular weight excluding hydrogens is 213 g/mol. The van der Waals surface area contributed by atoms with Gasteiger partial charge in [-0.05, 0) is 12.2 Å². The summed E-state index contributed by atoms with van der Waals surface area (Å²) in [4.78, 5) is 17.4. The summed E-state index contributed by atoms with van der Waals surface area (Å²) < 4.78 is 0. The molecule has 6 heteroatoms. The Hall–Kier alpha value is -1.13. The van der Waals surface area contributed by atoms with E-state index in [0.717, 1.165) is 0 Å². The first-order chi connectivity index (χ1) is 6.15. The Morgan fingerprint density at radius 1 is 1.23 bits per heavy atom. The van der Waals surface area contributed by atoms with Crippen LogP contribution in [0.15, 0.2) is 6.08 Å². The van der Waals surface area contributed by atoms with Gasteiger partial charge in [0.1, 0.15) is 16.6 Å². The normalized spacial score (nSPS) is 10.6. The Labute approximate surface area is 84.4 Å². The highest BCUT2D eigenvalue weighted by Crippen LogP contribution is 2.22. The molecule has 0 aliphatic rings. The predicted molar refractivity (Wildman–Crippen MR) is 51.6 cm³/mol. The summed E-state index contributed by atoms with van der Waals surface area (Å²) >= 11 is 11.4. The number of carbonyl (C=O) groups excluding carboxylic acids is 1. The molecule has 0 saturated heterocycles. The fourth-order valence-corrected chi connectivity index (χ4v) is 1.23. The summed E-state index contributed by atoms with van der Waals surface area (Å²) in [6, 6.07) is 0. The van der Waals surface area contributed by atoms with Crippen molar-refractivity contribution < 1.29 is 4.79 Å². The summed E-state index contributed by atoms with van der Waals surface area (Å²) in [7, 11) is 0. The molecule has 0 spiro atoms. The van der Waals surface area contributed by atoms with Crippen molar-refractivity contribution in [1.82, 2.24) is 9.97 Å². The van der Waals surface area contributed by atoms with Gasteiger partial charge in [-0.15, -0.1) is 0 Å². The van der Waals surface area contributed by atoms with Crippen LogP contribution in [0.4, 0.5) is 5.95 Å². The first-order valence-corrected chi connectivity index (χ1v) is 4.01. The number of hydrogen-bond acceptors (Lipinski definition) is 4. The van der Waals surface area contributed by atoms with E-state index in [1.807, 2.05) is 0 Å². The number of nitrogens with zero attached hydrogens (tertiary/aromatic N) is 2. The minimum atomic E-state index is -0.00162. The highest BCUT2D eigenvalue weighted by Gasteiger charge is 2.06. The Morgan fingerprint density at radius 3 is 2.23 bits per heavy atom. The van der Waals surface area contributed by atoms with Crippen LogP contribution in [0.3, 0.4) is 0 Å². The van der Waals surface area contributed by atoms with Gasteiger partial charge in [0.15, 0.2) is 0 Å². The van der Waals surface area contributed by atoms with Gasteiger partial charge in [0.2, 0.25) is 5.95 Å². The van der Waals surface area contributed by atoms with Crippen LogP contribution in [0, 0.1) is 0 Å². The standard InChI is InChI=1S/C7H5Cl2N3O/c8-5-4(2-1-3-13)6(9)12-7(10)11-5/h1-3H,(H2,10,11,12). The molecule has 0 radical (unpaired) electrons. The fourth-order valence-electron chi connectivity index (χ4n) is 0.705. The van der Waals surface area contributed by atoms with Crippen molar-refractivity contribution in [2.45, 2.75) is 0 Å². The molecule has 0 aliphatic carbocycles. The Balaban J connectivity index is 3.20. The average Bonchev–Trinajstić information content (AvgIpc) is 2.02. The van der Waals surface area contributed by atoms with Crippen molar-refractivity contribution >= 4 is 41.5 Å². The van der Waals surface area contributed by atoms with Crippen LogP contribution in [-0.4, -0.2) is 16.3 Å². The smallest absolute Gasteiger partial charge is 0.222 e. The molecule has 4 nitrogen and oxygen atoms in total. The van der Waals surface area contributed by atoms with E-state index in [2.05, 4.69) is 9.97 Å². The molecular formula is C7H5Cl2N3O. The molecule has 13 heavy (non-hydrogen) atoms. The summed E-state index contributed by atoms with van der Waals surface area (Å²) in [6.45, 7) is 0. The maximum atomic E-state index is 10.0. The van der Waals surface area contributed by atoms with Gasteiger partial charge in [0.25, 0.3) is 0 Å². The quantitative estimate of drug-likeness (QED) is 0.464. The van der Waals surface area contributed by atoms with Crippen LogP contribution < -0.4 is 5.73 Å². The maximum absolute atomic E-state index is 10.0. The van der Waals surface area contributed by atoms with Crippen molar-refractivity contribution in [3.8, 4) is 0 Å². The zero-order valence-electron chi connectivity index (χ0n) is 6.37. The lowest BCUT2D eigenvalue weighted by molar-refractivity contribution is -0.104. The summed E-state index contributed by atoms with van der Waals surface area (Å²) in [5.41, 5.74) is 5.65. The number of allylic oxidation sites excluding steroid dienone is 1. The number of rotatable bonds is 2. The minimum absolute atomic E-state index is 0.00162. The maximum Gasteiger partial charge on any atom is 0.222 e. The molecule has 1 heterocycles. The highest BCUT2D eigenvalue weighted by atomic mass is 35.5. The second-order valence-electron chi connectivity index (χ2n) is 2.07. The van der Waals surface area contributed by atoms with Crippen LogP contribution in [-0.2, 0) is 4.79 Å². The van der Waals surface area contributed by atoms with Crippen molar-refractivity contribution in [3.05, 3.63) is 21.9 Å². The molecule has 2 N–H and O–H groups in total. The van der Waals surface area contributed by atoms with E-state index >= 15 is 0 Å². The number of aldehydes is 1. The number of nitrogens with two attached hydrogens (primary N) is 1. The topological polar surface area (TPSA) is 68.9 Å². The monoisotopic (exact) mass is 217 g/mol. The van der Waals surface area contributed by atoms with E-state index in [-0.39, 0.29) is 16.3 Å². The molecule has 0 fully saturated rings. The number of aromatic nitrogens is 2. The zero-order chi connectivity index (χ0) is 9.84. The number of nitrogen functional groups attached to an aromatic ring is 1. The van der Waals surface area contributed by atoms with Crippen molar-refractivity contribution in [1.29, 1.82) is 0 Å². The van der Waals surface area contributed by atoms with E-state index in [4.69, 9.17) is 28.9 Å². The van der Waals surface area contributed by atoms with Crippen molar-refractivity contribution in [2.75, 3.05) is 5.73 Å². The predicted octanol–water partition coefficient (Wildman–Crippen LogP) is 1.58. The Bertz CT molecular complexity index is 342. The summed E-state index contributed by atoms with van der Waals surface area (Å²) in [6.07, 6.45) is 3.26. The Kier molecular flexibility index (Phi) is 3.22. The van der Waals surface area contributed by atoms with Crippen molar-refractivity contribution in [2.24, 2.45) is 0 Å². The van der Waals surface area contributed by atoms with E-state index in [1.54, 1.807) is 0 Å². The molecule has 0 aromatic carbocycles. The van der Waals surface area contributed by atoms with Gasteiger partial charge in [0.05, 0.1) is 0 Å². The van der Waals surface area contributed by atoms with Crippen LogP contribution in [0.25, 0.3) is 6.08 Å². The summed E-state index contributed by atoms with van der Waals surface area (Å²) in [5, 5.41) is 0.242. The first kappa shape index (κ1) is 9.95. The minimum Gasteiger partial charge on any atom is -0.368 e. The molecule has 1 aromatic heterocycles. The van der Waals surface area contributed by atoms with Gasteiger partial charge in [-0.3, -0.25) is 4.79 Å². The van der Waals surface area contributed by atoms with E-state index < -0.39 is 0 Å². The van der Waals surface area contributed by atoms with Gasteiger partial charge >= 0.3 is 0 Å². The number of halogens is 2. The molecule has 0 amide bonds. The van der Waals surface area contributed by atoms with Crippen molar-refractivity contribution in [3.63, 3.8) is 0 Å². The second kappa shape index (κ2) is 4.20. The van der Waals surface area contributed by atoms with Crippen LogP contribution in [0.1, 0.15) is 5.56 Å². The third kappa shape index (κ3) is 2.40. The van der Waals surface area contributed by atoms with E-state index in [1.165, 1.54) is 12.2 Å². The van der Waals surface area contributed by atoms with Crippen LogP contribution >= 0.6 is 23.2 Å². The lowest BCUT2D eigenvalue weighted by Crippen LogP contribution is -1.97. The van der Waals surface area contributed by atoms with Crippen LogP contribution in [0.5, 0.6) is 0 Å². The van der Waals surface area contributed by atoms with Gasteiger partial charge in [-0.25, -0.2) is 9.97 Å². The van der Waals surface area contributed by atoms with Gasteiger partial charge < -0.3 is 5.73 Å². The van der Waals surface area contributed by atoms with Gasteiger partial charge in [0, 0.05) is 5.56 Å². The Morgan fingerprint density at radius 2 is 1.77 bits per heavy atom. The third-order valence-electron chi connectivity index (χ3n) is 1.21. The second-order valence-corrected chi connectivity index (χ2v) is 2.79. The molecule has 0 aliphatic heterocycles. The number of carbonyl (C=O) groups is 1. The average molecular weight is 218 g/mol. The molecule has 0 bridgehead atoms. The lowest BCUT2D eigenvalue weighted by atomic mass is 10.3. The number of hydrogen-bond donors (Lipinski definition) is 1. The van der Waals surface area contributed by atoms with E-state index in [9.17, 15) is 4.79 Å². The molecule has 68 valence electrons. The van der Waals surface area contributed by atoms with Crippen LogP contribution in [0.2, 0.25) is 10.3 Å². The lowest BCUT2D eigenvalue weighted by Gasteiger charge is -2.00. The first-order valence-electron chi connectivity index (χ1n) is 3.25. The molecule has 1 rings (SSSR count). The molecule has 0 atom stereocenters. The van der Waals surface area contributed by atoms with Gasteiger partial charge in [-0.1, -0.05) is 23.2 Å².